The Morgan fingerprint density at radius 1 is 1.12 bits per heavy atom. The molecule has 1 N–H and O–H groups in total. The first kappa shape index (κ1) is 20.9. The Bertz CT molecular complexity index is 1310. The number of amides is 1. The van der Waals surface area contributed by atoms with Gasteiger partial charge in [0.25, 0.3) is 11.7 Å². The molecule has 2 atom stereocenters. The van der Waals surface area contributed by atoms with E-state index in [4.69, 9.17) is 4.74 Å². The van der Waals surface area contributed by atoms with Crippen molar-refractivity contribution in [2.75, 3.05) is 4.90 Å². The Morgan fingerprint density at radius 3 is 2.67 bits per heavy atom. The fraction of sp³-hybridized carbons (Fsp3) is 0.222. The number of aromatic nitrogens is 1. The number of aryl methyl sites for hydroxylation is 2. The highest BCUT2D eigenvalue weighted by Crippen LogP contribution is 2.43. The number of Topliss-reactive ketones (excluding diaryl/α,β-unsaturated/α-hetero) is 1. The molecule has 3 aromatic rings. The molecule has 0 spiro atoms. The lowest BCUT2D eigenvalue weighted by Crippen LogP contribution is -2.30. The van der Waals surface area contributed by atoms with Crippen LogP contribution in [0, 0.1) is 13.8 Å². The van der Waals surface area contributed by atoms with Crippen molar-refractivity contribution in [3.8, 4) is 5.75 Å². The molecule has 3 heterocycles. The second kappa shape index (κ2) is 7.89. The summed E-state index contributed by atoms with van der Waals surface area (Å²) in [5, 5.41) is 11.3. The highest BCUT2D eigenvalue weighted by Gasteiger charge is 2.47. The standard InChI is InChI=1S/C27H24N2O4/c1-15-6-8-21(16(2)11-15)29-24(19-5-4-10-28-14-19)23(26(31)27(29)32)25(30)18-7-9-22-20(13-18)12-17(3)33-22/h4-11,13-14,17,24,30H,12H2,1-3H3/b25-23-. The van der Waals surface area contributed by atoms with Crippen LogP contribution < -0.4 is 9.64 Å². The molecule has 1 fully saturated rings. The van der Waals surface area contributed by atoms with Gasteiger partial charge in [-0.25, -0.2) is 0 Å². The van der Waals surface area contributed by atoms with Crippen molar-refractivity contribution >= 4 is 23.1 Å². The summed E-state index contributed by atoms with van der Waals surface area (Å²) < 4.78 is 5.76. The van der Waals surface area contributed by atoms with E-state index in [-0.39, 0.29) is 17.4 Å². The molecule has 2 unspecified atom stereocenters. The molecular weight excluding hydrogens is 416 g/mol. The molecular formula is C27H24N2O4. The van der Waals surface area contributed by atoms with Gasteiger partial charge in [-0.15, -0.1) is 0 Å². The second-order valence-electron chi connectivity index (χ2n) is 8.70. The molecule has 5 rings (SSSR count). The molecule has 0 saturated carbocycles. The van der Waals surface area contributed by atoms with Crippen LogP contribution in [0.4, 0.5) is 5.69 Å². The van der Waals surface area contributed by atoms with Crippen LogP contribution in [0.15, 0.2) is 66.5 Å². The molecule has 33 heavy (non-hydrogen) atoms. The van der Waals surface area contributed by atoms with Gasteiger partial charge in [0.1, 0.15) is 17.6 Å². The molecule has 6 heteroatoms. The maximum Gasteiger partial charge on any atom is 0.300 e. The number of nitrogens with zero attached hydrogens (tertiary/aromatic N) is 2. The van der Waals surface area contributed by atoms with Gasteiger partial charge < -0.3 is 9.84 Å². The quantitative estimate of drug-likeness (QED) is 0.364. The molecule has 1 aromatic heterocycles. The van der Waals surface area contributed by atoms with Gasteiger partial charge in [0, 0.05) is 30.1 Å². The minimum absolute atomic E-state index is 0.0555. The van der Waals surface area contributed by atoms with E-state index in [2.05, 4.69) is 4.98 Å². The number of pyridine rings is 1. The monoisotopic (exact) mass is 440 g/mol. The number of rotatable bonds is 3. The summed E-state index contributed by atoms with van der Waals surface area (Å²) in [5.41, 5.74) is 4.71. The number of anilines is 1. The lowest BCUT2D eigenvalue weighted by atomic mass is 9.95. The van der Waals surface area contributed by atoms with Gasteiger partial charge in [0.05, 0.1) is 11.6 Å². The van der Waals surface area contributed by atoms with Crippen LogP contribution in [0.3, 0.4) is 0 Å². The van der Waals surface area contributed by atoms with Crippen LogP contribution >= 0.6 is 0 Å². The minimum Gasteiger partial charge on any atom is -0.507 e. The Hall–Kier alpha value is -3.93. The number of ether oxygens (including phenoxy) is 1. The Morgan fingerprint density at radius 2 is 1.94 bits per heavy atom. The Balaban J connectivity index is 1.70. The number of aliphatic hydroxyl groups is 1. The predicted molar refractivity (Wildman–Crippen MR) is 125 cm³/mol. The molecule has 166 valence electrons. The molecule has 2 aliphatic heterocycles. The van der Waals surface area contributed by atoms with Crippen molar-refractivity contribution in [3.63, 3.8) is 0 Å². The molecule has 0 radical (unpaired) electrons. The minimum atomic E-state index is -0.788. The Labute approximate surface area is 192 Å². The maximum absolute atomic E-state index is 13.3. The molecule has 1 amide bonds. The highest BCUT2D eigenvalue weighted by molar-refractivity contribution is 6.51. The molecule has 0 bridgehead atoms. The van der Waals surface area contributed by atoms with Gasteiger partial charge in [-0.05, 0) is 67.8 Å². The normalized spacial score (nSPS) is 21.2. The first-order valence-corrected chi connectivity index (χ1v) is 10.9. The van der Waals surface area contributed by atoms with Gasteiger partial charge in [-0.1, -0.05) is 23.8 Å². The summed E-state index contributed by atoms with van der Waals surface area (Å²) in [5.74, 6) is -0.808. The SMILES string of the molecule is Cc1ccc(N2C(=O)C(=O)/C(=C(\O)c3ccc4c(c3)CC(C)O4)C2c2cccnc2)c(C)c1. The predicted octanol–water partition coefficient (Wildman–Crippen LogP) is 4.65. The fourth-order valence-corrected chi connectivity index (χ4v) is 4.73. The smallest absolute Gasteiger partial charge is 0.300 e. The number of ketones is 1. The van der Waals surface area contributed by atoms with E-state index in [0.29, 0.717) is 16.8 Å². The van der Waals surface area contributed by atoms with Gasteiger partial charge in [-0.3, -0.25) is 19.5 Å². The second-order valence-corrected chi connectivity index (χ2v) is 8.70. The molecule has 1 saturated heterocycles. The highest BCUT2D eigenvalue weighted by atomic mass is 16.5. The molecule has 0 aliphatic carbocycles. The molecule has 6 nitrogen and oxygen atoms in total. The largest absolute Gasteiger partial charge is 0.507 e. The average Bonchev–Trinajstić information content (AvgIpc) is 3.30. The number of hydrogen-bond acceptors (Lipinski definition) is 5. The fourth-order valence-electron chi connectivity index (χ4n) is 4.73. The number of hydrogen-bond donors (Lipinski definition) is 1. The van der Waals surface area contributed by atoms with Gasteiger partial charge in [-0.2, -0.15) is 0 Å². The number of carbonyl (C=O) groups is 2. The van der Waals surface area contributed by atoms with E-state index in [1.165, 1.54) is 4.90 Å². The summed E-state index contributed by atoms with van der Waals surface area (Å²) >= 11 is 0. The van der Waals surface area contributed by atoms with Crippen molar-refractivity contribution in [3.05, 3.63) is 94.3 Å². The number of benzene rings is 2. The maximum atomic E-state index is 13.3. The van der Waals surface area contributed by atoms with Crippen molar-refractivity contribution < 1.29 is 19.4 Å². The Kier molecular flexibility index (Phi) is 5.01. The van der Waals surface area contributed by atoms with E-state index in [9.17, 15) is 14.7 Å². The zero-order valence-electron chi connectivity index (χ0n) is 18.7. The van der Waals surface area contributed by atoms with Crippen molar-refractivity contribution in [1.29, 1.82) is 0 Å². The van der Waals surface area contributed by atoms with Crippen LogP contribution in [-0.4, -0.2) is 27.9 Å². The first-order valence-electron chi connectivity index (χ1n) is 10.9. The van der Waals surface area contributed by atoms with Crippen LogP contribution in [0.1, 0.15) is 40.8 Å². The summed E-state index contributed by atoms with van der Waals surface area (Å²) in [7, 11) is 0. The summed E-state index contributed by atoms with van der Waals surface area (Å²) in [6, 6.07) is 13.8. The number of fused-ring (bicyclic) bond motifs is 1. The van der Waals surface area contributed by atoms with E-state index < -0.39 is 17.7 Å². The third-order valence-electron chi connectivity index (χ3n) is 6.23. The zero-order valence-corrected chi connectivity index (χ0v) is 18.7. The van der Waals surface area contributed by atoms with Gasteiger partial charge >= 0.3 is 0 Å². The van der Waals surface area contributed by atoms with Crippen LogP contribution in [-0.2, 0) is 16.0 Å². The summed E-state index contributed by atoms with van der Waals surface area (Å²) in [4.78, 5) is 32.3. The lowest BCUT2D eigenvalue weighted by Gasteiger charge is -2.26. The van der Waals surface area contributed by atoms with E-state index in [0.717, 1.165) is 28.9 Å². The van der Waals surface area contributed by atoms with E-state index >= 15 is 0 Å². The third-order valence-corrected chi connectivity index (χ3v) is 6.23. The average molecular weight is 440 g/mol. The van der Waals surface area contributed by atoms with Crippen molar-refractivity contribution in [2.45, 2.75) is 39.3 Å². The molecule has 2 aliphatic rings. The summed E-state index contributed by atoms with van der Waals surface area (Å²) in [6.07, 6.45) is 4.04. The van der Waals surface area contributed by atoms with Gasteiger partial charge in [0.15, 0.2) is 0 Å². The van der Waals surface area contributed by atoms with E-state index in [1.54, 1.807) is 30.6 Å². The van der Waals surface area contributed by atoms with E-state index in [1.807, 2.05) is 51.1 Å². The third kappa shape index (κ3) is 3.48. The number of carbonyl (C=O) groups excluding carboxylic acids is 2. The lowest BCUT2D eigenvalue weighted by molar-refractivity contribution is -0.132. The molecule has 2 aromatic carbocycles. The summed E-state index contributed by atoms with van der Waals surface area (Å²) in [6.45, 7) is 5.86. The van der Waals surface area contributed by atoms with Crippen molar-refractivity contribution in [2.24, 2.45) is 0 Å². The number of aliphatic hydroxyl groups excluding tert-OH is 1. The topological polar surface area (TPSA) is 79.7 Å². The van der Waals surface area contributed by atoms with Crippen LogP contribution in [0.2, 0.25) is 0 Å². The zero-order chi connectivity index (χ0) is 23.3. The van der Waals surface area contributed by atoms with Crippen LogP contribution in [0.25, 0.3) is 5.76 Å². The first-order chi connectivity index (χ1) is 15.8. The van der Waals surface area contributed by atoms with Gasteiger partial charge in [0.2, 0.25) is 0 Å². The van der Waals surface area contributed by atoms with Crippen LogP contribution in [0.5, 0.6) is 5.75 Å². The van der Waals surface area contributed by atoms with Crippen molar-refractivity contribution in [1.82, 2.24) is 4.98 Å².